The third kappa shape index (κ3) is 2.46. The predicted octanol–water partition coefficient (Wildman–Crippen LogP) is 3.68. The number of carbonyl (C=O) groups excluding carboxylic acids is 1. The minimum absolute atomic E-state index is 0.0592. The van der Waals surface area contributed by atoms with Gasteiger partial charge in [0.25, 0.3) is 0 Å². The summed E-state index contributed by atoms with van der Waals surface area (Å²) in [5.74, 6) is 3.18. The zero-order chi connectivity index (χ0) is 17.1. The second-order valence-electron chi connectivity index (χ2n) is 9.31. The Morgan fingerprint density at radius 3 is 2.20 bits per heavy atom. The van der Waals surface area contributed by atoms with E-state index < -0.39 is 5.41 Å². The smallest absolute Gasteiger partial charge is 0.316 e. The summed E-state index contributed by atoms with van der Waals surface area (Å²) in [6, 6.07) is 10.2. The van der Waals surface area contributed by atoms with Gasteiger partial charge in [-0.1, -0.05) is 30.3 Å². The molecule has 3 heteroatoms. The van der Waals surface area contributed by atoms with Crippen LogP contribution in [-0.2, 0) is 14.9 Å². The first-order valence-corrected chi connectivity index (χ1v) is 10.0. The molecule has 25 heavy (non-hydrogen) atoms. The lowest BCUT2D eigenvalue weighted by Gasteiger charge is -2.57. The summed E-state index contributed by atoms with van der Waals surface area (Å²) in [6.07, 6.45) is 9.43. The highest BCUT2D eigenvalue weighted by molar-refractivity contribution is 5.87. The molecule has 1 aromatic carbocycles. The van der Waals surface area contributed by atoms with Gasteiger partial charge < -0.3 is 10.1 Å². The average molecular weight is 339 g/mol. The van der Waals surface area contributed by atoms with E-state index in [0.29, 0.717) is 11.5 Å². The van der Waals surface area contributed by atoms with Crippen molar-refractivity contribution in [1.29, 1.82) is 0 Å². The summed E-state index contributed by atoms with van der Waals surface area (Å²) in [5, 5.41) is 3.98. The number of benzene rings is 1. The maximum absolute atomic E-state index is 12.6. The van der Waals surface area contributed by atoms with E-state index in [9.17, 15) is 4.79 Å². The molecule has 1 aromatic rings. The van der Waals surface area contributed by atoms with Crippen LogP contribution >= 0.6 is 0 Å². The Kier molecular flexibility index (Phi) is 3.54. The van der Waals surface area contributed by atoms with Crippen molar-refractivity contribution in [2.24, 2.45) is 23.7 Å². The molecule has 0 heterocycles. The molecular formula is C22H29NO2. The number of esters is 1. The van der Waals surface area contributed by atoms with Crippen molar-refractivity contribution in [3.8, 4) is 0 Å². The topological polar surface area (TPSA) is 38.3 Å². The lowest BCUT2D eigenvalue weighted by Crippen LogP contribution is -2.58. The fraction of sp³-hybridized carbons (Fsp3) is 0.682. The minimum atomic E-state index is -0.411. The van der Waals surface area contributed by atoms with Gasteiger partial charge in [0.05, 0.1) is 12.5 Å². The third-order valence-corrected chi connectivity index (χ3v) is 7.71. The van der Waals surface area contributed by atoms with Gasteiger partial charge in [-0.15, -0.1) is 0 Å². The van der Waals surface area contributed by atoms with Crippen LogP contribution in [0.3, 0.4) is 0 Å². The van der Waals surface area contributed by atoms with E-state index in [4.69, 9.17) is 4.74 Å². The zero-order valence-corrected chi connectivity index (χ0v) is 15.2. The summed E-state index contributed by atoms with van der Waals surface area (Å²) >= 11 is 0. The Bertz CT molecular complexity index is 635. The highest BCUT2D eigenvalue weighted by Crippen LogP contribution is 2.58. The van der Waals surface area contributed by atoms with Gasteiger partial charge in [-0.3, -0.25) is 4.79 Å². The van der Waals surface area contributed by atoms with Gasteiger partial charge in [0, 0.05) is 5.54 Å². The van der Waals surface area contributed by atoms with Crippen LogP contribution in [0.5, 0.6) is 0 Å². The van der Waals surface area contributed by atoms with Crippen molar-refractivity contribution in [2.45, 2.75) is 55.9 Å². The first-order valence-electron chi connectivity index (χ1n) is 10.0. The van der Waals surface area contributed by atoms with Crippen molar-refractivity contribution in [2.75, 3.05) is 13.7 Å². The number of rotatable bonds is 5. The molecule has 0 amide bonds. The SMILES string of the molecule is COC(=O)[C@]1(c2ccccc2)C[C@@H]1CNC12CC3CC(CC(C3)C1)C2. The third-order valence-electron chi connectivity index (χ3n) is 7.71. The molecule has 0 radical (unpaired) electrons. The average Bonchev–Trinajstić information content (AvgIpc) is 3.35. The Labute approximate surface area is 150 Å². The van der Waals surface area contributed by atoms with E-state index in [1.54, 1.807) is 0 Å². The van der Waals surface area contributed by atoms with Crippen molar-refractivity contribution >= 4 is 5.97 Å². The van der Waals surface area contributed by atoms with E-state index in [1.165, 1.54) is 45.6 Å². The first kappa shape index (κ1) is 15.9. The van der Waals surface area contributed by atoms with Crippen molar-refractivity contribution in [3.05, 3.63) is 35.9 Å². The molecule has 0 aliphatic heterocycles. The van der Waals surface area contributed by atoms with Gasteiger partial charge in [0.2, 0.25) is 0 Å². The standard InChI is InChI=1S/C22H29NO2/c1-25-20(24)22(18-5-3-2-4-6-18)13-19(22)14-23-21-10-15-7-16(11-21)9-17(8-15)12-21/h2-6,15-17,19,23H,7-14H2,1H3/t15?,16?,17?,19-,21?,22+/m1/s1. The van der Waals surface area contributed by atoms with Gasteiger partial charge in [0.1, 0.15) is 0 Å². The molecule has 5 aliphatic carbocycles. The lowest BCUT2D eigenvalue weighted by molar-refractivity contribution is -0.144. The second kappa shape index (κ2) is 5.57. The van der Waals surface area contributed by atoms with Gasteiger partial charge in [0.15, 0.2) is 0 Å². The number of methoxy groups -OCH3 is 1. The van der Waals surface area contributed by atoms with Gasteiger partial charge in [-0.25, -0.2) is 0 Å². The molecule has 5 saturated carbocycles. The van der Waals surface area contributed by atoms with Crippen LogP contribution in [0.1, 0.15) is 50.5 Å². The van der Waals surface area contributed by atoms with Crippen LogP contribution < -0.4 is 5.32 Å². The fourth-order valence-corrected chi connectivity index (χ4v) is 6.88. The minimum Gasteiger partial charge on any atom is -0.468 e. The first-order chi connectivity index (χ1) is 12.1. The number of nitrogens with one attached hydrogen (secondary N) is 1. The molecule has 0 unspecified atom stereocenters. The molecule has 4 bridgehead atoms. The predicted molar refractivity (Wildman–Crippen MR) is 97.1 cm³/mol. The quantitative estimate of drug-likeness (QED) is 0.832. The molecule has 0 aromatic heterocycles. The molecule has 2 atom stereocenters. The summed E-state index contributed by atoms with van der Waals surface area (Å²) in [5.41, 5.74) is 1.08. The Hall–Kier alpha value is -1.35. The summed E-state index contributed by atoms with van der Waals surface area (Å²) in [6.45, 7) is 0.955. The van der Waals surface area contributed by atoms with Crippen molar-refractivity contribution in [3.63, 3.8) is 0 Å². The van der Waals surface area contributed by atoms with Crippen molar-refractivity contribution in [1.82, 2.24) is 5.32 Å². The second-order valence-corrected chi connectivity index (χ2v) is 9.31. The number of hydrogen-bond acceptors (Lipinski definition) is 3. The van der Waals surface area contributed by atoms with E-state index >= 15 is 0 Å². The number of carbonyl (C=O) groups is 1. The lowest BCUT2D eigenvalue weighted by atomic mass is 9.53. The van der Waals surface area contributed by atoms with E-state index in [0.717, 1.165) is 36.3 Å². The van der Waals surface area contributed by atoms with Crippen molar-refractivity contribution < 1.29 is 9.53 Å². The number of ether oxygens (including phenoxy) is 1. The molecule has 5 aliphatic rings. The maximum Gasteiger partial charge on any atom is 0.316 e. The summed E-state index contributed by atoms with van der Waals surface area (Å²) < 4.78 is 5.19. The highest BCUT2D eigenvalue weighted by atomic mass is 16.5. The Morgan fingerprint density at radius 2 is 1.64 bits per heavy atom. The largest absolute Gasteiger partial charge is 0.468 e. The van der Waals surface area contributed by atoms with E-state index in [-0.39, 0.29) is 5.97 Å². The molecule has 0 spiro atoms. The molecule has 3 nitrogen and oxygen atoms in total. The van der Waals surface area contributed by atoms with Crippen LogP contribution in [0.4, 0.5) is 0 Å². The van der Waals surface area contributed by atoms with Crippen LogP contribution in [0.2, 0.25) is 0 Å². The van der Waals surface area contributed by atoms with Crippen LogP contribution in [0.15, 0.2) is 30.3 Å². The molecule has 6 rings (SSSR count). The summed E-state index contributed by atoms with van der Waals surface area (Å²) in [4.78, 5) is 12.6. The molecule has 134 valence electrons. The molecule has 1 N–H and O–H groups in total. The molecular weight excluding hydrogens is 310 g/mol. The number of hydrogen-bond donors (Lipinski definition) is 1. The van der Waals surface area contributed by atoms with Gasteiger partial charge in [-0.05, 0) is 80.7 Å². The molecule has 5 fully saturated rings. The fourth-order valence-electron chi connectivity index (χ4n) is 6.88. The summed E-state index contributed by atoms with van der Waals surface area (Å²) in [7, 11) is 1.52. The van der Waals surface area contributed by atoms with E-state index in [2.05, 4.69) is 17.4 Å². The van der Waals surface area contributed by atoms with Crippen LogP contribution in [0, 0.1) is 23.7 Å². The normalized spacial score (nSPS) is 43.9. The van der Waals surface area contributed by atoms with Gasteiger partial charge >= 0.3 is 5.97 Å². The van der Waals surface area contributed by atoms with Crippen LogP contribution in [0.25, 0.3) is 0 Å². The Morgan fingerprint density at radius 1 is 1.04 bits per heavy atom. The highest BCUT2D eigenvalue weighted by Gasteiger charge is 2.62. The monoisotopic (exact) mass is 339 g/mol. The molecule has 0 saturated heterocycles. The zero-order valence-electron chi connectivity index (χ0n) is 15.2. The maximum atomic E-state index is 12.6. The van der Waals surface area contributed by atoms with E-state index in [1.807, 2.05) is 18.2 Å². The Balaban J connectivity index is 1.31. The van der Waals surface area contributed by atoms with Gasteiger partial charge in [-0.2, -0.15) is 0 Å². The van der Waals surface area contributed by atoms with Crippen LogP contribution in [-0.4, -0.2) is 25.2 Å².